The number of carbonyl (C=O) groups is 3. The van der Waals surface area contributed by atoms with E-state index in [4.69, 9.17) is 14.2 Å². The summed E-state index contributed by atoms with van der Waals surface area (Å²) in [6.45, 7) is 6.38. The molecule has 0 bridgehead atoms. The maximum absolute atomic E-state index is 12.8. The van der Waals surface area contributed by atoms with Crippen LogP contribution in [0.1, 0.15) is 316 Å². The molecule has 0 N–H and O–H groups in total. The van der Waals surface area contributed by atoms with Crippen molar-refractivity contribution in [2.75, 3.05) is 13.2 Å². The number of rotatable bonds is 58. The van der Waals surface area contributed by atoms with Crippen molar-refractivity contribution in [2.45, 2.75) is 322 Å². The van der Waals surface area contributed by atoms with E-state index in [0.29, 0.717) is 19.3 Å². The summed E-state index contributed by atoms with van der Waals surface area (Å²) in [5.41, 5.74) is 0. The molecule has 0 fully saturated rings. The van der Waals surface area contributed by atoms with Crippen molar-refractivity contribution < 1.29 is 28.6 Å². The molecule has 1 atom stereocenters. The van der Waals surface area contributed by atoms with Crippen molar-refractivity contribution >= 4 is 17.9 Å². The van der Waals surface area contributed by atoms with E-state index >= 15 is 0 Å². The van der Waals surface area contributed by atoms with Crippen LogP contribution in [-0.2, 0) is 28.6 Å². The van der Waals surface area contributed by atoms with Gasteiger partial charge in [-0.15, -0.1) is 0 Å². The van der Waals surface area contributed by atoms with Gasteiger partial charge in [-0.3, -0.25) is 14.4 Å². The van der Waals surface area contributed by atoms with E-state index in [9.17, 15) is 14.4 Å². The van der Waals surface area contributed by atoms with Crippen LogP contribution in [0.4, 0.5) is 0 Å². The van der Waals surface area contributed by atoms with Crippen molar-refractivity contribution in [3.8, 4) is 0 Å². The van der Waals surface area contributed by atoms with Crippen LogP contribution in [0.15, 0.2) is 85.1 Å². The molecule has 0 amide bonds. The fraction of sp³-hybridized carbons (Fsp3) is 0.754. The van der Waals surface area contributed by atoms with Gasteiger partial charge in [-0.1, -0.05) is 292 Å². The van der Waals surface area contributed by atoms with Crippen molar-refractivity contribution in [1.29, 1.82) is 0 Å². The van der Waals surface area contributed by atoms with Crippen molar-refractivity contribution in [3.63, 3.8) is 0 Å². The number of allylic oxidation sites excluding steroid dienone is 14. The Morgan fingerprint density at radius 3 is 0.840 bits per heavy atom. The largest absolute Gasteiger partial charge is 0.462 e. The van der Waals surface area contributed by atoms with Gasteiger partial charge in [0.2, 0.25) is 0 Å². The van der Waals surface area contributed by atoms with E-state index in [2.05, 4.69) is 106 Å². The van der Waals surface area contributed by atoms with Crippen LogP contribution in [0.25, 0.3) is 0 Å². The third kappa shape index (κ3) is 61.3. The van der Waals surface area contributed by atoms with Gasteiger partial charge in [-0.05, 0) is 89.9 Å². The normalized spacial score (nSPS) is 12.6. The molecule has 0 rings (SSSR count). The zero-order chi connectivity index (χ0) is 54.3. The standard InChI is InChI=1S/C69H120O6/c1-4-7-10-13-16-19-22-25-27-28-29-30-31-32-33-34-35-36-37-38-39-40-42-44-47-50-53-56-59-62-68(71)74-65-66(64-73-67(70)61-58-55-52-49-46-43-24-21-18-15-12-9-6-3)75-69(72)63-60-57-54-51-48-45-41-26-23-20-17-14-11-8-5-2/h8-9,11-12,17-18,20-21,26,41,43,46,48,51,66H,4-7,10,13-16,19,22-25,27-40,42,44-45,47,49-50,52-65H2,1-3H3/b11-8-,12-9-,20-17-,21-18-,41-26-,46-43-,51-48-. The minimum atomic E-state index is -0.810. The van der Waals surface area contributed by atoms with Crippen molar-refractivity contribution in [1.82, 2.24) is 0 Å². The Bertz CT molecular complexity index is 1430. The SMILES string of the molecule is CC/C=C\C/C=C\C/C=C\C/C=C\CCCCC(=O)OC(COC(=O)CCCCC/C=C\C/C=C\C/C=C\CC)COC(=O)CCCCCCCCCCCCCCCCCCCCCCCCCCCCCCC. The Hall–Kier alpha value is -3.41. The van der Waals surface area contributed by atoms with E-state index in [1.165, 1.54) is 167 Å². The second-order valence-electron chi connectivity index (χ2n) is 21.3. The van der Waals surface area contributed by atoms with Gasteiger partial charge in [0, 0.05) is 19.3 Å². The first-order valence-corrected chi connectivity index (χ1v) is 32.1. The first-order valence-electron chi connectivity index (χ1n) is 32.1. The predicted molar refractivity (Wildman–Crippen MR) is 325 cm³/mol. The molecule has 0 aliphatic heterocycles. The number of unbranched alkanes of at least 4 members (excludes halogenated alkanes) is 33. The molecule has 0 aromatic heterocycles. The fourth-order valence-electron chi connectivity index (χ4n) is 9.16. The lowest BCUT2D eigenvalue weighted by atomic mass is 10.0. The van der Waals surface area contributed by atoms with Gasteiger partial charge in [-0.25, -0.2) is 0 Å². The Morgan fingerprint density at radius 2 is 0.520 bits per heavy atom. The van der Waals surface area contributed by atoms with Gasteiger partial charge in [0.1, 0.15) is 13.2 Å². The molecule has 0 radical (unpaired) electrons. The zero-order valence-corrected chi connectivity index (χ0v) is 49.6. The molecular formula is C69H120O6. The van der Waals surface area contributed by atoms with Crippen LogP contribution in [0.3, 0.4) is 0 Å². The first-order chi connectivity index (χ1) is 37.0. The molecule has 6 heteroatoms. The highest BCUT2D eigenvalue weighted by Gasteiger charge is 2.19. The van der Waals surface area contributed by atoms with E-state index in [1.807, 2.05) is 0 Å². The molecule has 0 heterocycles. The molecule has 75 heavy (non-hydrogen) atoms. The summed E-state index contributed by atoms with van der Waals surface area (Å²) < 4.78 is 16.8. The summed E-state index contributed by atoms with van der Waals surface area (Å²) in [6, 6.07) is 0. The summed E-state index contributed by atoms with van der Waals surface area (Å²) in [7, 11) is 0. The van der Waals surface area contributed by atoms with E-state index in [-0.39, 0.29) is 37.5 Å². The van der Waals surface area contributed by atoms with Crippen LogP contribution in [0, 0.1) is 0 Å². The molecule has 0 saturated carbocycles. The molecule has 6 nitrogen and oxygen atoms in total. The Kier molecular flexibility index (Phi) is 60.3. The summed E-state index contributed by atoms with van der Waals surface area (Å²) in [5.74, 6) is -0.964. The quantitative estimate of drug-likeness (QED) is 0.0261. The first kappa shape index (κ1) is 71.6. The van der Waals surface area contributed by atoms with E-state index in [0.717, 1.165) is 103 Å². The number of hydrogen-bond acceptors (Lipinski definition) is 6. The molecule has 0 aliphatic carbocycles. The van der Waals surface area contributed by atoms with Crippen LogP contribution in [0.2, 0.25) is 0 Å². The molecule has 0 aromatic rings. The van der Waals surface area contributed by atoms with Crippen LogP contribution < -0.4 is 0 Å². The average molecular weight is 1050 g/mol. The lowest BCUT2D eigenvalue weighted by molar-refractivity contribution is -0.167. The van der Waals surface area contributed by atoms with Gasteiger partial charge in [-0.2, -0.15) is 0 Å². The maximum Gasteiger partial charge on any atom is 0.306 e. The Labute approximate surface area is 465 Å². The minimum Gasteiger partial charge on any atom is -0.462 e. The van der Waals surface area contributed by atoms with Crippen LogP contribution >= 0.6 is 0 Å². The highest BCUT2D eigenvalue weighted by atomic mass is 16.6. The molecule has 0 aromatic carbocycles. The van der Waals surface area contributed by atoms with Gasteiger partial charge < -0.3 is 14.2 Å². The summed E-state index contributed by atoms with van der Waals surface area (Å²) in [6.07, 6.45) is 83.4. The molecule has 0 saturated heterocycles. The monoisotopic (exact) mass is 1040 g/mol. The van der Waals surface area contributed by atoms with Gasteiger partial charge >= 0.3 is 17.9 Å². The zero-order valence-electron chi connectivity index (χ0n) is 49.6. The highest BCUT2D eigenvalue weighted by molar-refractivity contribution is 5.71. The van der Waals surface area contributed by atoms with Crippen LogP contribution in [0.5, 0.6) is 0 Å². The average Bonchev–Trinajstić information content (AvgIpc) is 3.41. The Morgan fingerprint density at radius 1 is 0.280 bits per heavy atom. The Balaban J connectivity index is 4.21. The van der Waals surface area contributed by atoms with Gasteiger partial charge in [0.05, 0.1) is 0 Å². The topological polar surface area (TPSA) is 78.9 Å². The number of esters is 3. The number of ether oxygens (including phenoxy) is 3. The fourth-order valence-corrected chi connectivity index (χ4v) is 9.16. The summed E-state index contributed by atoms with van der Waals surface area (Å²) >= 11 is 0. The van der Waals surface area contributed by atoms with Crippen LogP contribution in [-0.4, -0.2) is 37.2 Å². The lowest BCUT2D eigenvalue weighted by Gasteiger charge is -2.18. The van der Waals surface area contributed by atoms with Crippen molar-refractivity contribution in [2.24, 2.45) is 0 Å². The van der Waals surface area contributed by atoms with E-state index < -0.39 is 6.10 Å². The van der Waals surface area contributed by atoms with E-state index in [1.54, 1.807) is 0 Å². The molecule has 0 aliphatic rings. The highest BCUT2D eigenvalue weighted by Crippen LogP contribution is 2.17. The lowest BCUT2D eigenvalue weighted by Crippen LogP contribution is -2.30. The molecular weight excluding hydrogens is 925 g/mol. The van der Waals surface area contributed by atoms with Gasteiger partial charge in [0.25, 0.3) is 0 Å². The second kappa shape index (κ2) is 63.1. The second-order valence-corrected chi connectivity index (χ2v) is 21.3. The van der Waals surface area contributed by atoms with Gasteiger partial charge in [0.15, 0.2) is 6.10 Å². The van der Waals surface area contributed by atoms with Crippen molar-refractivity contribution in [3.05, 3.63) is 85.1 Å². The third-order valence-corrected chi connectivity index (χ3v) is 13.9. The predicted octanol–water partition coefficient (Wildman–Crippen LogP) is 21.9. The molecule has 0 spiro atoms. The minimum absolute atomic E-state index is 0.101. The smallest absolute Gasteiger partial charge is 0.306 e. The third-order valence-electron chi connectivity index (χ3n) is 13.9. The number of carbonyl (C=O) groups excluding carboxylic acids is 3. The maximum atomic E-state index is 12.8. The molecule has 432 valence electrons. The number of hydrogen-bond donors (Lipinski definition) is 0. The summed E-state index contributed by atoms with van der Waals surface area (Å²) in [4.78, 5) is 38.2. The summed E-state index contributed by atoms with van der Waals surface area (Å²) in [5, 5.41) is 0. The molecule has 1 unspecified atom stereocenters.